The van der Waals surface area contributed by atoms with Crippen molar-refractivity contribution in [1.82, 2.24) is 19.0 Å². The van der Waals surface area contributed by atoms with Gasteiger partial charge in [-0.3, -0.25) is 9.48 Å². The fraction of sp³-hybridized carbons (Fsp3) is 0.750. The number of aromatic nitrogens is 2. The van der Waals surface area contributed by atoms with Gasteiger partial charge in [0, 0.05) is 32.1 Å². The largest absolute Gasteiger partial charge is 0.352 e. The van der Waals surface area contributed by atoms with E-state index in [1.54, 1.807) is 10.9 Å². The third-order valence-corrected chi connectivity index (χ3v) is 7.61. The fourth-order valence-electron chi connectivity index (χ4n) is 4.41. The number of ether oxygens (including phenoxy) is 1. The summed E-state index contributed by atoms with van der Waals surface area (Å²) in [5, 5.41) is 4.08. The van der Waals surface area contributed by atoms with Crippen LogP contribution in [0.2, 0.25) is 0 Å². The van der Waals surface area contributed by atoms with Crippen LogP contribution in [-0.4, -0.2) is 64.3 Å². The molecule has 0 aromatic carbocycles. The summed E-state index contributed by atoms with van der Waals surface area (Å²) in [6.07, 6.45) is 3.63. The molecule has 3 aliphatic heterocycles. The Bertz CT molecular complexity index is 805. The summed E-state index contributed by atoms with van der Waals surface area (Å²) in [4.78, 5) is 14.6. The van der Waals surface area contributed by atoms with Crippen LogP contribution in [0.3, 0.4) is 0 Å². The van der Waals surface area contributed by atoms with Crippen molar-refractivity contribution in [3.05, 3.63) is 12.4 Å². The molecule has 0 saturated carbocycles. The molecule has 4 heterocycles. The zero-order valence-corrected chi connectivity index (χ0v) is 15.6. The maximum absolute atomic E-state index is 13.1. The van der Waals surface area contributed by atoms with E-state index in [1.807, 2.05) is 11.8 Å². The van der Waals surface area contributed by atoms with Crippen LogP contribution in [0.15, 0.2) is 17.3 Å². The number of nitrogens with zero attached hydrogens (tertiary/aromatic N) is 4. The summed E-state index contributed by atoms with van der Waals surface area (Å²) in [7, 11) is -3.70. The normalized spacial score (nSPS) is 32.6. The zero-order valence-electron chi connectivity index (χ0n) is 14.8. The molecule has 9 heteroatoms. The molecule has 1 spiro atoms. The number of carbonyl (C=O) groups is 1. The summed E-state index contributed by atoms with van der Waals surface area (Å²) >= 11 is 0. The molecule has 3 aliphatic rings. The number of hydrogen-bond donors (Lipinski definition) is 0. The quantitative estimate of drug-likeness (QED) is 0.779. The van der Waals surface area contributed by atoms with Crippen LogP contribution in [-0.2, 0) is 26.1 Å². The zero-order chi connectivity index (χ0) is 18.0. The molecule has 8 nitrogen and oxygen atoms in total. The lowest BCUT2D eigenvalue weighted by molar-refractivity contribution is -0.139. The number of carbonyl (C=O) groups excluding carboxylic acids is 1. The molecule has 1 amide bonds. The van der Waals surface area contributed by atoms with Crippen LogP contribution in [0.4, 0.5) is 0 Å². The van der Waals surface area contributed by atoms with E-state index in [1.165, 1.54) is 10.5 Å². The molecule has 0 N–H and O–H groups in total. The Morgan fingerprint density at radius 3 is 2.84 bits per heavy atom. The third kappa shape index (κ3) is 2.22. The average Bonchev–Trinajstić information content (AvgIpc) is 3.28. The minimum atomic E-state index is -3.70. The highest BCUT2D eigenvalue weighted by Crippen LogP contribution is 2.50. The summed E-state index contributed by atoms with van der Waals surface area (Å²) < 4.78 is 35.3. The van der Waals surface area contributed by atoms with Crippen molar-refractivity contribution in [1.29, 1.82) is 0 Å². The smallest absolute Gasteiger partial charge is 0.246 e. The second kappa shape index (κ2) is 5.52. The first-order valence-corrected chi connectivity index (χ1v) is 10.3. The predicted molar refractivity (Wildman–Crippen MR) is 89.0 cm³/mol. The van der Waals surface area contributed by atoms with Crippen LogP contribution in [0.25, 0.3) is 0 Å². The molecule has 0 bridgehead atoms. The first-order chi connectivity index (χ1) is 11.8. The Kier molecular flexibility index (Phi) is 3.75. The van der Waals surface area contributed by atoms with Gasteiger partial charge in [-0.1, -0.05) is 13.8 Å². The standard InChI is InChI=1S/C16H24N4O4S/c1-4-18-9-12(8-17-18)25(22,23)19-6-5-16-14(19)7-15(21)20(16)13(10-24-16)11(2)3/h8-9,11,13-14H,4-7,10H2,1-3H3/t13-,14+,16-/m0/s1. The Hall–Kier alpha value is -1.45. The van der Waals surface area contributed by atoms with Crippen molar-refractivity contribution in [2.24, 2.45) is 5.92 Å². The van der Waals surface area contributed by atoms with Gasteiger partial charge in [0.1, 0.15) is 4.90 Å². The van der Waals surface area contributed by atoms with Crippen molar-refractivity contribution >= 4 is 15.9 Å². The molecule has 3 saturated heterocycles. The number of sulfonamides is 1. The lowest BCUT2D eigenvalue weighted by Crippen LogP contribution is -2.51. The van der Waals surface area contributed by atoms with E-state index in [0.29, 0.717) is 26.1 Å². The van der Waals surface area contributed by atoms with Gasteiger partial charge in [0.05, 0.1) is 24.9 Å². The maximum atomic E-state index is 13.1. The maximum Gasteiger partial charge on any atom is 0.246 e. The summed E-state index contributed by atoms with van der Waals surface area (Å²) in [6.45, 7) is 7.47. The molecular formula is C16H24N4O4S. The number of rotatable bonds is 4. The Morgan fingerprint density at radius 1 is 1.44 bits per heavy atom. The van der Waals surface area contributed by atoms with E-state index in [2.05, 4.69) is 18.9 Å². The molecule has 3 fully saturated rings. The van der Waals surface area contributed by atoms with E-state index in [4.69, 9.17) is 4.74 Å². The topological polar surface area (TPSA) is 84.7 Å². The van der Waals surface area contributed by atoms with E-state index in [0.717, 1.165) is 0 Å². The van der Waals surface area contributed by atoms with E-state index < -0.39 is 21.8 Å². The molecule has 0 unspecified atom stereocenters. The first kappa shape index (κ1) is 17.0. The van der Waals surface area contributed by atoms with E-state index in [9.17, 15) is 13.2 Å². The van der Waals surface area contributed by atoms with Gasteiger partial charge in [-0.05, 0) is 12.8 Å². The van der Waals surface area contributed by atoms with Gasteiger partial charge in [-0.15, -0.1) is 0 Å². The van der Waals surface area contributed by atoms with Gasteiger partial charge < -0.3 is 9.64 Å². The minimum absolute atomic E-state index is 0.00893. The lowest BCUT2D eigenvalue weighted by atomic mass is 10.0. The second-order valence-corrected chi connectivity index (χ2v) is 9.24. The van der Waals surface area contributed by atoms with Crippen molar-refractivity contribution < 1.29 is 17.9 Å². The van der Waals surface area contributed by atoms with Crippen LogP contribution >= 0.6 is 0 Å². The molecule has 0 radical (unpaired) electrons. The average molecular weight is 368 g/mol. The Labute approximate surface area is 147 Å². The molecule has 1 aromatic rings. The van der Waals surface area contributed by atoms with Gasteiger partial charge in [0.2, 0.25) is 15.9 Å². The van der Waals surface area contributed by atoms with Crippen molar-refractivity contribution in [3.8, 4) is 0 Å². The highest BCUT2D eigenvalue weighted by atomic mass is 32.2. The highest BCUT2D eigenvalue weighted by Gasteiger charge is 2.66. The van der Waals surface area contributed by atoms with Gasteiger partial charge >= 0.3 is 0 Å². The molecule has 0 aliphatic carbocycles. The second-order valence-electron chi connectivity index (χ2n) is 7.35. The monoisotopic (exact) mass is 368 g/mol. The molecule has 3 atom stereocenters. The van der Waals surface area contributed by atoms with E-state index in [-0.39, 0.29) is 29.2 Å². The molecule has 1 aromatic heterocycles. The SMILES string of the molecule is CCn1cc(S(=O)(=O)N2CC[C@@]34OC[C@@H](C(C)C)N3C(=O)C[C@@H]24)cn1. The van der Waals surface area contributed by atoms with Crippen LogP contribution < -0.4 is 0 Å². The molecule has 4 rings (SSSR count). The Balaban J connectivity index is 1.68. The van der Waals surface area contributed by atoms with Crippen LogP contribution in [0.1, 0.15) is 33.6 Å². The number of hydrogen-bond acceptors (Lipinski definition) is 5. The molecule has 138 valence electrons. The first-order valence-electron chi connectivity index (χ1n) is 8.81. The molecule has 25 heavy (non-hydrogen) atoms. The highest BCUT2D eigenvalue weighted by molar-refractivity contribution is 7.89. The summed E-state index contributed by atoms with van der Waals surface area (Å²) in [5.41, 5.74) is -0.792. The van der Waals surface area contributed by atoms with Gasteiger partial charge in [-0.2, -0.15) is 9.40 Å². The Morgan fingerprint density at radius 2 is 2.20 bits per heavy atom. The van der Waals surface area contributed by atoms with Gasteiger partial charge in [-0.25, -0.2) is 8.42 Å². The van der Waals surface area contributed by atoms with Crippen molar-refractivity contribution in [2.75, 3.05) is 13.2 Å². The van der Waals surface area contributed by atoms with Crippen molar-refractivity contribution in [3.63, 3.8) is 0 Å². The minimum Gasteiger partial charge on any atom is -0.352 e. The number of amides is 1. The van der Waals surface area contributed by atoms with Crippen LogP contribution in [0.5, 0.6) is 0 Å². The molecular weight excluding hydrogens is 344 g/mol. The summed E-state index contributed by atoms with van der Waals surface area (Å²) in [5.74, 6) is 0.265. The number of aryl methyl sites for hydroxylation is 1. The van der Waals surface area contributed by atoms with E-state index >= 15 is 0 Å². The third-order valence-electron chi connectivity index (χ3n) is 5.75. The lowest BCUT2D eigenvalue weighted by Gasteiger charge is -2.34. The van der Waals surface area contributed by atoms with Crippen LogP contribution in [0, 0.1) is 5.92 Å². The fourth-order valence-corrected chi connectivity index (χ4v) is 6.02. The van der Waals surface area contributed by atoms with Gasteiger partial charge in [0.15, 0.2) is 5.72 Å². The van der Waals surface area contributed by atoms with Gasteiger partial charge in [0.25, 0.3) is 0 Å². The predicted octanol–water partition coefficient (Wildman–Crippen LogP) is 0.649. The van der Waals surface area contributed by atoms with Crippen molar-refractivity contribution in [2.45, 2.75) is 62.9 Å². The summed E-state index contributed by atoms with van der Waals surface area (Å²) in [6, 6.07) is -0.443.